The Morgan fingerprint density at radius 3 is 2.91 bits per heavy atom. The molecule has 6 nitrogen and oxygen atoms in total. The van der Waals surface area contributed by atoms with Gasteiger partial charge in [-0.05, 0) is 12.6 Å². The highest BCUT2D eigenvalue weighted by atomic mass is 35.5. The molecule has 1 atom stereocenters. The van der Waals surface area contributed by atoms with Gasteiger partial charge in [0.1, 0.15) is 11.5 Å². The molecule has 1 amide bonds. The topological polar surface area (TPSA) is 57.2 Å². The minimum atomic E-state index is -0.0122. The number of aryl methyl sites for hydroxylation is 1. The van der Waals surface area contributed by atoms with E-state index in [1.165, 1.54) is 0 Å². The van der Waals surface area contributed by atoms with E-state index in [0.717, 1.165) is 18.9 Å². The number of likely N-dealkylation sites (N-methyl/N-ethyl adjacent to an activating group) is 1. The standard InChI is InChI=1S/C15H20ClN5O/c1-3-20-6-7-21(15(22)12-8-11(16)9-18-12)10-13(20)14-17-4-5-19(14)2/h4-5,8-9,13,18H,3,6-7,10H2,1-2H3/t13-/m0/s1. The first-order valence-corrected chi connectivity index (χ1v) is 7.82. The quantitative estimate of drug-likeness (QED) is 0.939. The molecule has 22 heavy (non-hydrogen) atoms. The van der Waals surface area contributed by atoms with Crippen molar-refractivity contribution in [3.63, 3.8) is 0 Å². The molecule has 2 aromatic heterocycles. The fourth-order valence-electron chi connectivity index (χ4n) is 2.99. The van der Waals surface area contributed by atoms with Crippen LogP contribution in [0.5, 0.6) is 0 Å². The average molecular weight is 322 g/mol. The molecule has 118 valence electrons. The summed E-state index contributed by atoms with van der Waals surface area (Å²) in [6, 6.07) is 1.79. The number of aromatic nitrogens is 3. The van der Waals surface area contributed by atoms with Crippen molar-refractivity contribution in [2.75, 3.05) is 26.2 Å². The van der Waals surface area contributed by atoms with Crippen molar-refractivity contribution in [3.8, 4) is 0 Å². The summed E-state index contributed by atoms with van der Waals surface area (Å²) in [6.07, 6.45) is 5.37. The van der Waals surface area contributed by atoms with E-state index in [9.17, 15) is 4.79 Å². The summed E-state index contributed by atoms with van der Waals surface area (Å²) >= 11 is 5.90. The summed E-state index contributed by atoms with van der Waals surface area (Å²) in [5.41, 5.74) is 0.536. The van der Waals surface area contributed by atoms with Crippen LogP contribution in [0.25, 0.3) is 0 Å². The fraction of sp³-hybridized carbons (Fsp3) is 0.467. The third kappa shape index (κ3) is 2.76. The second-order valence-corrected chi connectivity index (χ2v) is 5.96. The van der Waals surface area contributed by atoms with Gasteiger partial charge < -0.3 is 14.5 Å². The van der Waals surface area contributed by atoms with Crippen LogP contribution < -0.4 is 0 Å². The van der Waals surface area contributed by atoms with Crippen LogP contribution in [0.4, 0.5) is 0 Å². The third-order valence-electron chi connectivity index (χ3n) is 4.22. The minimum Gasteiger partial charge on any atom is -0.356 e. The molecule has 7 heteroatoms. The zero-order valence-electron chi connectivity index (χ0n) is 12.8. The lowest BCUT2D eigenvalue weighted by Gasteiger charge is -2.40. The predicted octanol–water partition coefficient (Wildman–Crippen LogP) is 1.92. The van der Waals surface area contributed by atoms with Crippen molar-refractivity contribution in [2.45, 2.75) is 13.0 Å². The molecular weight excluding hydrogens is 302 g/mol. The molecule has 0 aromatic carbocycles. The van der Waals surface area contributed by atoms with E-state index < -0.39 is 0 Å². The highest BCUT2D eigenvalue weighted by Gasteiger charge is 2.32. The van der Waals surface area contributed by atoms with Crippen molar-refractivity contribution in [1.29, 1.82) is 0 Å². The Labute approximate surface area is 134 Å². The SMILES string of the molecule is CCN1CCN(C(=O)c2cc(Cl)c[nH]2)C[C@H]1c1nccn1C. The summed E-state index contributed by atoms with van der Waals surface area (Å²) in [5.74, 6) is 0.978. The molecule has 2 aromatic rings. The number of rotatable bonds is 3. The van der Waals surface area contributed by atoms with Crippen LogP contribution in [0.15, 0.2) is 24.7 Å². The number of hydrogen-bond acceptors (Lipinski definition) is 3. The number of imidazole rings is 1. The molecule has 0 saturated carbocycles. The number of hydrogen-bond donors (Lipinski definition) is 1. The number of carbonyl (C=O) groups excluding carboxylic acids is 1. The Hall–Kier alpha value is -1.79. The normalized spacial score (nSPS) is 19.6. The smallest absolute Gasteiger partial charge is 0.270 e. The van der Waals surface area contributed by atoms with Gasteiger partial charge in [-0.3, -0.25) is 9.69 Å². The van der Waals surface area contributed by atoms with Crippen LogP contribution in [0, 0.1) is 0 Å². The van der Waals surface area contributed by atoms with Crippen molar-refractivity contribution >= 4 is 17.5 Å². The van der Waals surface area contributed by atoms with Crippen molar-refractivity contribution in [3.05, 3.63) is 41.2 Å². The van der Waals surface area contributed by atoms with Crippen molar-refractivity contribution in [2.24, 2.45) is 7.05 Å². The van der Waals surface area contributed by atoms with E-state index in [0.29, 0.717) is 23.8 Å². The lowest BCUT2D eigenvalue weighted by molar-refractivity contribution is 0.0468. The second-order valence-electron chi connectivity index (χ2n) is 5.52. The summed E-state index contributed by atoms with van der Waals surface area (Å²) in [6.45, 7) is 5.26. The fourth-order valence-corrected chi connectivity index (χ4v) is 3.15. The lowest BCUT2D eigenvalue weighted by Crippen LogP contribution is -2.51. The van der Waals surface area contributed by atoms with Gasteiger partial charge in [0.25, 0.3) is 5.91 Å². The van der Waals surface area contributed by atoms with Crippen LogP contribution in [0.1, 0.15) is 29.3 Å². The van der Waals surface area contributed by atoms with Crippen molar-refractivity contribution < 1.29 is 4.79 Å². The predicted molar refractivity (Wildman–Crippen MR) is 84.9 cm³/mol. The van der Waals surface area contributed by atoms with Gasteiger partial charge in [0.2, 0.25) is 0 Å². The van der Waals surface area contributed by atoms with Gasteiger partial charge in [0, 0.05) is 45.3 Å². The van der Waals surface area contributed by atoms with E-state index >= 15 is 0 Å². The summed E-state index contributed by atoms with van der Waals surface area (Å²) < 4.78 is 2.02. The first kappa shape index (κ1) is 15.1. The molecule has 0 unspecified atom stereocenters. The number of H-pyrrole nitrogens is 1. The van der Waals surface area contributed by atoms with Crippen LogP contribution in [-0.2, 0) is 7.05 Å². The number of nitrogens with one attached hydrogen (secondary N) is 1. The number of carbonyl (C=O) groups is 1. The summed E-state index contributed by atoms with van der Waals surface area (Å²) in [4.78, 5) is 24.2. The number of piperazine rings is 1. The molecule has 1 aliphatic rings. The Morgan fingerprint density at radius 2 is 2.32 bits per heavy atom. The molecule has 0 bridgehead atoms. The molecular formula is C15H20ClN5O. The zero-order valence-corrected chi connectivity index (χ0v) is 13.5. The Kier molecular flexibility index (Phi) is 4.22. The number of aromatic amines is 1. The minimum absolute atomic E-state index is 0.0122. The molecule has 1 N–H and O–H groups in total. The molecule has 0 aliphatic carbocycles. The molecule has 0 spiro atoms. The Balaban J connectivity index is 1.81. The Morgan fingerprint density at radius 1 is 1.50 bits per heavy atom. The van der Waals surface area contributed by atoms with Gasteiger partial charge in [-0.2, -0.15) is 0 Å². The van der Waals surface area contributed by atoms with E-state index in [1.54, 1.807) is 18.5 Å². The number of amides is 1. The third-order valence-corrected chi connectivity index (χ3v) is 4.44. The van der Waals surface area contributed by atoms with Crippen LogP contribution in [-0.4, -0.2) is 56.4 Å². The van der Waals surface area contributed by atoms with Gasteiger partial charge in [-0.25, -0.2) is 4.98 Å². The zero-order chi connectivity index (χ0) is 15.7. The highest BCUT2D eigenvalue weighted by Crippen LogP contribution is 2.25. The number of halogens is 1. The monoisotopic (exact) mass is 321 g/mol. The maximum absolute atomic E-state index is 12.6. The molecule has 1 fully saturated rings. The van der Waals surface area contributed by atoms with Gasteiger partial charge >= 0.3 is 0 Å². The van der Waals surface area contributed by atoms with Crippen molar-refractivity contribution in [1.82, 2.24) is 24.3 Å². The molecule has 0 radical (unpaired) electrons. The maximum Gasteiger partial charge on any atom is 0.270 e. The van der Waals surface area contributed by atoms with E-state index in [1.807, 2.05) is 22.7 Å². The van der Waals surface area contributed by atoms with Gasteiger partial charge in [0.05, 0.1) is 11.1 Å². The molecule has 3 rings (SSSR count). The van der Waals surface area contributed by atoms with Gasteiger partial charge in [0.15, 0.2) is 0 Å². The second kappa shape index (κ2) is 6.14. The van der Waals surface area contributed by atoms with Gasteiger partial charge in [-0.15, -0.1) is 0 Å². The molecule has 3 heterocycles. The first-order valence-electron chi connectivity index (χ1n) is 7.44. The average Bonchev–Trinajstić information content (AvgIpc) is 3.14. The maximum atomic E-state index is 12.6. The summed E-state index contributed by atoms with van der Waals surface area (Å²) in [5, 5.41) is 0.552. The molecule has 1 saturated heterocycles. The lowest BCUT2D eigenvalue weighted by atomic mass is 10.1. The first-order chi connectivity index (χ1) is 10.6. The largest absolute Gasteiger partial charge is 0.356 e. The van der Waals surface area contributed by atoms with Crippen LogP contribution >= 0.6 is 11.6 Å². The van der Waals surface area contributed by atoms with E-state index in [2.05, 4.69) is 21.8 Å². The van der Waals surface area contributed by atoms with Crippen LogP contribution in [0.3, 0.4) is 0 Å². The van der Waals surface area contributed by atoms with Gasteiger partial charge in [-0.1, -0.05) is 18.5 Å². The van der Waals surface area contributed by atoms with E-state index in [4.69, 9.17) is 11.6 Å². The summed E-state index contributed by atoms with van der Waals surface area (Å²) in [7, 11) is 1.99. The van der Waals surface area contributed by atoms with E-state index in [-0.39, 0.29) is 11.9 Å². The van der Waals surface area contributed by atoms with Crippen LogP contribution in [0.2, 0.25) is 5.02 Å². The highest BCUT2D eigenvalue weighted by molar-refractivity contribution is 6.30. The number of nitrogens with zero attached hydrogens (tertiary/aromatic N) is 4. The molecule has 1 aliphatic heterocycles. The Bertz CT molecular complexity index is 664.